The van der Waals surface area contributed by atoms with Crippen molar-refractivity contribution in [1.82, 2.24) is 5.32 Å². The standard InChI is InChI=1S/C15H19NO3/c1-9-6-4-5-7-10(9)8-16-13(17)11-12(14(18)19)15(11,2)3/h4-7,11-12H,8H2,1-3H3,(H,16,17)(H,18,19)/t11-,12+/m0/s1. The Bertz CT molecular complexity index is 522. The van der Waals surface area contributed by atoms with Gasteiger partial charge in [-0.3, -0.25) is 9.59 Å². The second-order valence-electron chi connectivity index (χ2n) is 5.76. The molecular weight excluding hydrogens is 242 g/mol. The Hall–Kier alpha value is -1.84. The van der Waals surface area contributed by atoms with Crippen LogP contribution < -0.4 is 5.32 Å². The number of hydrogen-bond acceptors (Lipinski definition) is 2. The van der Waals surface area contributed by atoms with Gasteiger partial charge in [0.25, 0.3) is 0 Å². The number of aliphatic carboxylic acids is 1. The topological polar surface area (TPSA) is 66.4 Å². The molecule has 1 amide bonds. The van der Waals surface area contributed by atoms with Gasteiger partial charge in [-0.1, -0.05) is 38.1 Å². The van der Waals surface area contributed by atoms with E-state index in [1.54, 1.807) is 0 Å². The van der Waals surface area contributed by atoms with Crippen molar-refractivity contribution in [2.24, 2.45) is 17.3 Å². The summed E-state index contributed by atoms with van der Waals surface area (Å²) >= 11 is 0. The summed E-state index contributed by atoms with van der Waals surface area (Å²) < 4.78 is 0. The first-order chi connectivity index (χ1) is 8.85. The van der Waals surface area contributed by atoms with Crippen molar-refractivity contribution in [3.8, 4) is 0 Å². The Morgan fingerprint density at radius 3 is 2.42 bits per heavy atom. The second kappa shape index (κ2) is 4.68. The predicted molar refractivity (Wildman–Crippen MR) is 71.4 cm³/mol. The van der Waals surface area contributed by atoms with Crippen LogP contribution in [-0.2, 0) is 16.1 Å². The molecule has 0 unspecified atom stereocenters. The number of rotatable bonds is 4. The van der Waals surface area contributed by atoms with Gasteiger partial charge in [0.1, 0.15) is 0 Å². The van der Waals surface area contributed by atoms with Gasteiger partial charge in [0, 0.05) is 6.54 Å². The van der Waals surface area contributed by atoms with Crippen molar-refractivity contribution in [2.45, 2.75) is 27.3 Å². The molecule has 0 radical (unpaired) electrons. The van der Waals surface area contributed by atoms with E-state index in [1.807, 2.05) is 45.0 Å². The molecule has 1 aliphatic carbocycles. The fraction of sp³-hybridized carbons (Fsp3) is 0.467. The average Bonchev–Trinajstić information content (AvgIpc) is 2.91. The van der Waals surface area contributed by atoms with Gasteiger partial charge >= 0.3 is 5.97 Å². The van der Waals surface area contributed by atoms with Crippen molar-refractivity contribution >= 4 is 11.9 Å². The largest absolute Gasteiger partial charge is 0.481 e. The zero-order chi connectivity index (χ0) is 14.2. The average molecular weight is 261 g/mol. The third kappa shape index (κ3) is 2.48. The summed E-state index contributed by atoms with van der Waals surface area (Å²) in [4.78, 5) is 23.1. The highest BCUT2D eigenvalue weighted by Crippen LogP contribution is 2.58. The smallest absolute Gasteiger partial charge is 0.307 e. The van der Waals surface area contributed by atoms with Gasteiger partial charge in [0.15, 0.2) is 0 Å². The first-order valence-corrected chi connectivity index (χ1v) is 6.40. The van der Waals surface area contributed by atoms with Crippen LogP contribution in [0, 0.1) is 24.2 Å². The maximum atomic E-state index is 12.0. The minimum absolute atomic E-state index is 0.166. The first kappa shape index (κ1) is 13.6. The number of carboxylic acid groups (broad SMARTS) is 1. The number of benzene rings is 1. The third-order valence-electron chi connectivity index (χ3n) is 4.09. The van der Waals surface area contributed by atoms with Crippen molar-refractivity contribution in [2.75, 3.05) is 0 Å². The lowest BCUT2D eigenvalue weighted by Crippen LogP contribution is -2.27. The molecule has 2 N–H and O–H groups in total. The maximum absolute atomic E-state index is 12.0. The van der Waals surface area contributed by atoms with E-state index >= 15 is 0 Å². The summed E-state index contributed by atoms with van der Waals surface area (Å²) in [6.07, 6.45) is 0. The molecule has 102 valence electrons. The molecule has 0 heterocycles. The SMILES string of the molecule is Cc1ccccc1CNC(=O)[C@@H]1[C@H](C(=O)O)C1(C)C. The summed E-state index contributed by atoms with van der Waals surface area (Å²) in [6, 6.07) is 7.83. The lowest BCUT2D eigenvalue weighted by molar-refractivity contribution is -0.140. The maximum Gasteiger partial charge on any atom is 0.307 e. The molecule has 1 aliphatic rings. The van der Waals surface area contributed by atoms with Gasteiger partial charge in [0.2, 0.25) is 5.91 Å². The monoisotopic (exact) mass is 261 g/mol. The molecule has 0 spiro atoms. The van der Waals surface area contributed by atoms with Crippen LogP contribution in [-0.4, -0.2) is 17.0 Å². The quantitative estimate of drug-likeness (QED) is 0.870. The van der Waals surface area contributed by atoms with Gasteiger partial charge in [0.05, 0.1) is 11.8 Å². The molecule has 2 rings (SSSR count). The summed E-state index contributed by atoms with van der Waals surface area (Å²) in [5.41, 5.74) is 1.73. The van der Waals surface area contributed by atoms with Gasteiger partial charge in [-0.05, 0) is 23.5 Å². The lowest BCUT2D eigenvalue weighted by Gasteiger charge is -2.08. The van der Waals surface area contributed by atoms with Crippen LogP contribution in [0.3, 0.4) is 0 Å². The normalized spacial score (nSPS) is 23.7. The van der Waals surface area contributed by atoms with Gasteiger partial charge in [-0.15, -0.1) is 0 Å². The zero-order valence-electron chi connectivity index (χ0n) is 11.4. The van der Waals surface area contributed by atoms with Crippen molar-refractivity contribution in [3.05, 3.63) is 35.4 Å². The lowest BCUT2D eigenvalue weighted by atomic mass is 10.1. The number of carbonyl (C=O) groups excluding carboxylic acids is 1. The molecule has 1 saturated carbocycles. The van der Waals surface area contributed by atoms with Crippen LogP contribution in [0.5, 0.6) is 0 Å². The van der Waals surface area contributed by atoms with Crippen LogP contribution in [0.15, 0.2) is 24.3 Å². The number of carbonyl (C=O) groups is 2. The van der Waals surface area contributed by atoms with E-state index in [1.165, 1.54) is 0 Å². The third-order valence-corrected chi connectivity index (χ3v) is 4.09. The molecule has 2 atom stereocenters. The second-order valence-corrected chi connectivity index (χ2v) is 5.76. The number of hydrogen-bond donors (Lipinski definition) is 2. The number of nitrogens with one attached hydrogen (secondary N) is 1. The number of carboxylic acids is 1. The van der Waals surface area contributed by atoms with Gasteiger partial charge < -0.3 is 10.4 Å². The van der Waals surface area contributed by atoms with Crippen LogP contribution in [0.2, 0.25) is 0 Å². The minimum Gasteiger partial charge on any atom is -0.481 e. The van der Waals surface area contributed by atoms with E-state index in [-0.39, 0.29) is 5.91 Å². The van der Waals surface area contributed by atoms with E-state index in [0.717, 1.165) is 11.1 Å². The first-order valence-electron chi connectivity index (χ1n) is 6.40. The molecule has 19 heavy (non-hydrogen) atoms. The highest BCUT2D eigenvalue weighted by atomic mass is 16.4. The fourth-order valence-electron chi connectivity index (χ4n) is 2.69. The molecule has 0 bridgehead atoms. The Labute approximate surface area is 112 Å². The summed E-state index contributed by atoms with van der Waals surface area (Å²) in [5, 5.41) is 11.9. The summed E-state index contributed by atoms with van der Waals surface area (Å²) in [7, 11) is 0. The van der Waals surface area contributed by atoms with Crippen LogP contribution in [0.25, 0.3) is 0 Å². The van der Waals surface area contributed by atoms with Crippen molar-refractivity contribution in [1.29, 1.82) is 0 Å². The Morgan fingerprint density at radius 2 is 1.89 bits per heavy atom. The molecule has 1 fully saturated rings. The molecule has 1 aromatic carbocycles. The number of amides is 1. The Balaban J connectivity index is 1.97. The fourth-order valence-corrected chi connectivity index (χ4v) is 2.69. The zero-order valence-corrected chi connectivity index (χ0v) is 11.4. The Morgan fingerprint density at radius 1 is 1.26 bits per heavy atom. The molecule has 0 aliphatic heterocycles. The minimum atomic E-state index is -0.888. The van der Waals surface area contributed by atoms with Crippen molar-refractivity contribution in [3.63, 3.8) is 0 Å². The van der Waals surface area contributed by atoms with E-state index < -0.39 is 23.2 Å². The molecule has 0 saturated heterocycles. The van der Waals surface area contributed by atoms with E-state index in [4.69, 9.17) is 5.11 Å². The van der Waals surface area contributed by atoms with E-state index in [0.29, 0.717) is 6.54 Å². The van der Waals surface area contributed by atoms with E-state index in [9.17, 15) is 9.59 Å². The Kier molecular flexibility index (Phi) is 3.35. The van der Waals surface area contributed by atoms with Crippen LogP contribution in [0.4, 0.5) is 0 Å². The molecule has 1 aromatic rings. The van der Waals surface area contributed by atoms with Crippen molar-refractivity contribution < 1.29 is 14.7 Å². The number of aryl methyl sites for hydroxylation is 1. The summed E-state index contributed by atoms with van der Waals surface area (Å²) in [5.74, 6) is -2.04. The van der Waals surface area contributed by atoms with Gasteiger partial charge in [-0.2, -0.15) is 0 Å². The predicted octanol–water partition coefficient (Wildman–Crippen LogP) is 1.97. The van der Waals surface area contributed by atoms with Crippen LogP contribution >= 0.6 is 0 Å². The van der Waals surface area contributed by atoms with Crippen LogP contribution in [0.1, 0.15) is 25.0 Å². The highest BCUT2D eigenvalue weighted by molar-refractivity contribution is 5.91. The summed E-state index contributed by atoms with van der Waals surface area (Å²) in [6.45, 7) is 6.08. The van der Waals surface area contributed by atoms with Gasteiger partial charge in [-0.25, -0.2) is 0 Å². The molecule has 4 nitrogen and oxygen atoms in total. The molecular formula is C15H19NO3. The molecule has 0 aromatic heterocycles. The highest BCUT2D eigenvalue weighted by Gasteiger charge is 2.65. The molecule has 4 heteroatoms. The van der Waals surface area contributed by atoms with E-state index in [2.05, 4.69) is 5.32 Å².